The fourth-order valence-electron chi connectivity index (χ4n) is 8.25. The number of fused-ring (bicyclic) bond motifs is 7. The Morgan fingerprint density at radius 1 is 0.309 bits per heavy atom. The lowest BCUT2D eigenvalue weighted by molar-refractivity contribution is 1.30. The fourth-order valence-corrected chi connectivity index (χ4v) is 10.7. The molecule has 11 aromatic rings. The van der Waals surface area contributed by atoms with Gasteiger partial charge >= 0.3 is 0 Å². The lowest BCUT2D eigenvalue weighted by Crippen LogP contribution is -2.10. The first-order chi connectivity index (χ1) is 27.3. The molecule has 1 nitrogen and oxygen atoms in total. The average molecular weight is 736 g/mol. The highest BCUT2D eigenvalue weighted by Gasteiger charge is 2.20. The van der Waals surface area contributed by atoms with E-state index in [-0.39, 0.29) is 0 Å². The van der Waals surface area contributed by atoms with Crippen molar-refractivity contribution in [2.45, 2.75) is 0 Å². The van der Waals surface area contributed by atoms with Gasteiger partial charge in [0.05, 0.1) is 10.4 Å². The van der Waals surface area contributed by atoms with Crippen LogP contribution in [0.5, 0.6) is 0 Å². The Bertz CT molecular complexity index is 3200. The second kappa shape index (κ2) is 13.1. The third-order valence-electron chi connectivity index (χ3n) is 10.9. The van der Waals surface area contributed by atoms with Gasteiger partial charge in [0.1, 0.15) is 0 Å². The molecule has 0 aliphatic carbocycles. The van der Waals surface area contributed by atoms with E-state index in [1.165, 1.54) is 90.2 Å². The summed E-state index contributed by atoms with van der Waals surface area (Å²) in [4.78, 5) is 2.45. The van der Waals surface area contributed by atoms with Crippen LogP contribution in [0.3, 0.4) is 0 Å². The van der Waals surface area contributed by atoms with E-state index in [4.69, 9.17) is 0 Å². The predicted molar refractivity (Wildman–Crippen MR) is 241 cm³/mol. The number of benzene rings is 9. The molecule has 0 amide bonds. The highest BCUT2D eigenvalue weighted by molar-refractivity contribution is 7.27. The van der Waals surface area contributed by atoms with Gasteiger partial charge in [-0.15, -0.1) is 22.7 Å². The zero-order chi connectivity index (χ0) is 36.3. The summed E-state index contributed by atoms with van der Waals surface area (Å²) < 4.78 is 5.24. The van der Waals surface area contributed by atoms with Crippen molar-refractivity contribution in [2.75, 3.05) is 4.90 Å². The summed E-state index contributed by atoms with van der Waals surface area (Å²) in [6, 6.07) is 73.4. The molecule has 0 unspecified atom stereocenters. The molecule has 0 aliphatic heterocycles. The van der Waals surface area contributed by atoms with Crippen molar-refractivity contribution in [2.24, 2.45) is 0 Å². The molecule has 0 aliphatic rings. The summed E-state index contributed by atoms with van der Waals surface area (Å²) in [7, 11) is 0. The van der Waals surface area contributed by atoms with Gasteiger partial charge in [0.15, 0.2) is 0 Å². The van der Waals surface area contributed by atoms with Gasteiger partial charge in [-0.05, 0) is 92.7 Å². The van der Waals surface area contributed by atoms with E-state index in [0.29, 0.717) is 0 Å². The number of nitrogens with zero attached hydrogens (tertiary/aromatic N) is 1. The molecular weight excluding hydrogens is 703 g/mol. The zero-order valence-corrected chi connectivity index (χ0v) is 31.4. The second-order valence-corrected chi connectivity index (χ2v) is 16.2. The van der Waals surface area contributed by atoms with Gasteiger partial charge in [-0.2, -0.15) is 0 Å². The van der Waals surface area contributed by atoms with E-state index in [2.05, 4.69) is 205 Å². The zero-order valence-electron chi connectivity index (χ0n) is 29.8. The summed E-state index contributed by atoms with van der Waals surface area (Å²) in [5.74, 6) is 0. The Kier molecular flexibility index (Phi) is 7.61. The summed E-state index contributed by atoms with van der Waals surface area (Å²) >= 11 is 3.76. The van der Waals surface area contributed by atoms with Gasteiger partial charge in [0, 0.05) is 47.0 Å². The van der Waals surface area contributed by atoms with Gasteiger partial charge in [-0.25, -0.2) is 0 Å². The molecule has 0 spiro atoms. The van der Waals surface area contributed by atoms with E-state index in [0.717, 1.165) is 11.4 Å². The van der Waals surface area contributed by atoms with Crippen LogP contribution in [0.4, 0.5) is 17.1 Å². The first kappa shape index (κ1) is 32.0. The Hall–Kier alpha value is -6.52. The molecule has 0 radical (unpaired) electrons. The summed E-state index contributed by atoms with van der Waals surface area (Å²) in [6.45, 7) is 0. The van der Waals surface area contributed by atoms with Crippen molar-refractivity contribution in [3.63, 3.8) is 0 Å². The van der Waals surface area contributed by atoms with Gasteiger partial charge in [-0.1, -0.05) is 152 Å². The minimum atomic E-state index is 1.12. The topological polar surface area (TPSA) is 3.24 Å². The van der Waals surface area contributed by atoms with Crippen LogP contribution in [0.1, 0.15) is 0 Å². The van der Waals surface area contributed by atoms with Crippen molar-refractivity contribution in [1.29, 1.82) is 0 Å². The maximum Gasteiger partial charge on any atom is 0.0640 e. The van der Waals surface area contributed by atoms with Crippen LogP contribution < -0.4 is 4.90 Å². The lowest BCUT2D eigenvalue weighted by atomic mass is 9.97. The summed E-state index contributed by atoms with van der Waals surface area (Å²) in [5.41, 5.74) is 10.8. The molecule has 2 aromatic heterocycles. The van der Waals surface area contributed by atoms with Crippen molar-refractivity contribution >= 4 is 90.9 Å². The van der Waals surface area contributed by atoms with Gasteiger partial charge < -0.3 is 4.90 Å². The van der Waals surface area contributed by atoms with Crippen molar-refractivity contribution in [1.82, 2.24) is 0 Å². The Labute approximate surface area is 327 Å². The normalized spacial score (nSPS) is 11.6. The monoisotopic (exact) mass is 735 g/mol. The SMILES string of the molecule is c1ccc(-c2cccc3c2sc2c(N(c4ccc(-c5ccc6sc7ccccc7c6c5)cc4)c4cccc(-c5cccc6ccccc56)c4)cccc23)cc1. The maximum absolute atomic E-state index is 2.45. The highest BCUT2D eigenvalue weighted by Crippen LogP contribution is 2.48. The second-order valence-electron chi connectivity index (χ2n) is 14.1. The van der Waals surface area contributed by atoms with E-state index in [1.54, 1.807) is 0 Å². The first-order valence-electron chi connectivity index (χ1n) is 18.7. The standard InChI is InChI=1S/C52H33NS2/c1-2-12-36(13-3-1)43-21-10-22-45-46-23-11-24-48(52(46)55-51(43)45)53(40-17-8-16-38(32-40)42-20-9-15-35-14-4-5-18-41(35)42)39-29-26-34(27-30-39)37-28-31-50-47(33-37)44-19-6-7-25-49(44)54-50/h1-33H. The molecule has 9 aromatic carbocycles. The molecule has 11 rings (SSSR count). The molecule has 3 heteroatoms. The maximum atomic E-state index is 2.45. The van der Waals surface area contributed by atoms with Crippen LogP contribution in [-0.2, 0) is 0 Å². The van der Waals surface area contributed by atoms with Crippen LogP contribution in [0.25, 0.3) is 84.5 Å². The molecule has 2 heterocycles. The first-order valence-corrected chi connectivity index (χ1v) is 20.3. The van der Waals surface area contributed by atoms with E-state index < -0.39 is 0 Å². The molecule has 55 heavy (non-hydrogen) atoms. The number of thiophene rings is 2. The Morgan fingerprint density at radius 3 is 1.84 bits per heavy atom. The largest absolute Gasteiger partial charge is 0.309 e. The number of hydrogen-bond acceptors (Lipinski definition) is 3. The van der Waals surface area contributed by atoms with E-state index in [1.807, 2.05) is 22.7 Å². The van der Waals surface area contributed by atoms with E-state index >= 15 is 0 Å². The highest BCUT2D eigenvalue weighted by atomic mass is 32.1. The summed E-state index contributed by atoms with van der Waals surface area (Å²) in [6.07, 6.45) is 0. The molecule has 0 saturated carbocycles. The third-order valence-corrected chi connectivity index (χ3v) is 13.3. The van der Waals surface area contributed by atoms with Crippen LogP contribution in [0.2, 0.25) is 0 Å². The van der Waals surface area contributed by atoms with Crippen LogP contribution in [0.15, 0.2) is 200 Å². The minimum Gasteiger partial charge on any atom is -0.309 e. The molecule has 258 valence electrons. The Balaban J connectivity index is 1.09. The Morgan fingerprint density at radius 2 is 0.945 bits per heavy atom. The van der Waals surface area contributed by atoms with Gasteiger partial charge in [0.25, 0.3) is 0 Å². The molecule has 0 fully saturated rings. The van der Waals surface area contributed by atoms with Crippen LogP contribution in [-0.4, -0.2) is 0 Å². The third kappa shape index (κ3) is 5.43. The van der Waals surface area contributed by atoms with Gasteiger partial charge in [-0.3, -0.25) is 0 Å². The van der Waals surface area contributed by atoms with Crippen molar-refractivity contribution in [3.8, 4) is 33.4 Å². The van der Waals surface area contributed by atoms with Crippen LogP contribution in [0, 0.1) is 0 Å². The van der Waals surface area contributed by atoms with Crippen molar-refractivity contribution < 1.29 is 0 Å². The number of hydrogen-bond donors (Lipinski definition) is 0. The quantitative estimate of drug-likeness (QED) is 0.164. The number of anilines is 3. The summed E-state index contributed by atoms with van der Waals surface area (Å²) in [5, 5.41) is 7.72. The molecular formula is C52H33NS2. The fraction of sp³-hybridized carbons (Fsp3) is 0. The molecule has 0 atom stereocenters. The van der Waals surface area contributed by atoms with Crippen LogP contribution >= 0.6 is 22.7 Å². The minimum absolute atomic E-state index is 1.12. The molecule has 0 N–H and O–H groups in total. The van der Waals surface area contributed by atoms with E-state index in [9.17, 15) is 0 Å². The van der Waals surface area contributed by atoms with Crippen molar-refractivity contribution in [3.05, 3.63) is 200 Å². The molecule has 0 bridgehead atoms. The lowest BCUT2D eigenvalue weighted by Gasteiger charge is -2.27. The average Bonchev–Trinajstić information content (AvgIpc) is 3.83. The molecule has 0 saturated heterocycles. The number of rotatable bonds is 6. The predicted octanol–water partition coefficient (Wildman–Crippen LogP) is 16.0. The van der Waals surface area contributed by atoms with Gasteiger partial charge in [0.2, 0.25) is 0 Å². The smallest absolute Gasteiger partial charge is 0.0640 e.